The lowest BCUT2D eigenvalue weighted by Crippen LogP contribution is -2.01. The van der Waals surface area contributed by atoms with Gasteiger partial charge in [-0.1, -0.05) is 12.1 Å². The van der Waals surface area contributed by atoms with E-state index in [2.05, 4.69) is 5.32 Å². The first kappa shape index (κ1) is 11.9. The number of hydrogen-bond acceptors (Lipinski definition) is 3. The van der Waals surface area contributed by atoms with Crippen LogP contribution in [0, 0.1) is 23.0 Å². The molecule has 0 amide bonds. The number of anilines is 3. The van der Waals surface area contributed by atoms with Gasteiger partial charge in [0.05, 0.1) is 11.3 Å². The lowest BCUT2D eigenvalue weighted by molar-refractivity contribution is 0.592. The Labute approximate surface area is 102 Å². The van der Waals surface area contributed by atoms with Crippen LogP contribution in [0.1, 0.15) is 5.56 Å². The van der Waals surface area contributed by atoms with E-state index in [4.69, 9.17) is 11.0 Å². The van der Waals surface area contributed by atoms with Crippen molar-refractivity contribution in [3.05, 3.63) is 53.6 Å². The second-order valence-electron chi connectivity index (χ2n) is 3.64. The SMILES string of the molecule is N#Cc1ccccc1Nc1c(F)cc(N)cc1F. The quantitative estimate of drug-likeness (QED) is 0.799. The van der Waals surface area contributed by atoms with Crippen molar-refractivity contribution in [2.24, 2.45) is 0 Å². The first-order valence-electron chi connectivity index (χ1n) is 5.12. The Kier molecular flexibility index (Phi) is 3.11. The summed E-state index contributed by atoms with van der Waals surface area (Å²) in [7, 11) is 0. The molecule has 2 rings (SSSR count). The third-order valence-electron chi connectivity index (χ3n) is 2.37. The van der Waals surface area contributed by atoms with Crippen LogP contribution in [0.2, 0.25) is 0 Å². The summed E-state index contributed by atoms with van der Waals surface area (Å²) in [6, 6.07) is 10.4. The number of nitrogens with zero attached hydrogens (tertiary/aromatic N) is 1. The third kappa shape index (κ3) is 2.23. The number of benzene rings is 2. The molecule has 0 aliphatic rings. The molecule has 90 valence electrons. The van der Waals surface area contributed by atoms with Crippen molar-refractivity contribution in [3.8, 4) is 6.07 Å². The standard InChI is InChI=1S/C13H9F2N3/c14-10-5-9(17)6-11(15)13(10)18-12-4-2-1-3-8(12)7-16/h1-6,18H,17H2. The summed E-state index contributed by atoms with van der Waals surface area (Å²) in [5.74, 6) is -1.61. The monoisotopic (exact) mass is 245 g/mol. The minimum Gasteiger partial charge on any atom is -0.399 e. The molecule has 0 unspecified atom stereocenters. The van der Waals surface area contributed by atoms with Crippen molar-refractivity contribution in [1.29, 1.82) is 5.26 Å². The van der Waals surface area contributed by atoms with E-state index < -0.39 is 11.6 Å². The van der Waals surface area contributed by atoms with Crippen molar-refractivity contribution in [2.45, 2.75) is 0 Å². The van der Waals surface area contributed by atoms with Gasteiger partial charge in [-0.25, -0.2) is 8.78 Å². The minimum absolute atomic E-state index is 0.00381. The van der Waals surface area contributed by atoms with E-state index in [9.17, 15) is 8.78 Å². The van der Waals surface area contributed by atoms with Crippen LogP contribution in [0.25, 0.3) is 0 Å². The smallest absolute Gasteiger partial charge is 0.151 e. The Morgan fingerprint density at radius 1 is 1.11 bits per heavy atom. The lowest BCUT2D eigenvalue weighted by atomic mass is 10.2. The highest BCUT2D eigenvalue weighted by atomic mass is 19.1. The van der Waals surface area contributed by atoms with Crippen LogP contribution in [-0.2, 0) is 0 Å². The highest BCUT2D eigenvalue weighted by Gasteiger charge is 2.12. The van der Waals surface area contributed by atoms with Crippen LogP contribution < -0.4 is 11.1 Å². The average Bonchev–Trinajstić information content (AvgIpc) is 2.34. The largest absolute Gasteiger partial charge is 0.399 e. The van der Waals surface area contributed by atoms with Crippen LogP contribution in [0.15, 0.2) is 36.4 Å². The van der Waals surface area contributed by atoms with Gasteiger partial charge < -0.3 is 11.1 Å². The summed E-state index contributed by atoms with van der Waals surface area (Å²) in [6.07, 6.45) is 0. The Morgan fingerprint density at radius 2 is 1.72 bits per heavy atom. The minimum atomic E-state index is -0.805. The molecule has 0 aromatic heterocycles. The summed E-state index contributed by atoms with van der Waals surface area (Å²) in [6.45, 7) is 0. The lowest BCUT2D eigenvalue weighted by Gasteiger charge is -2.10. The maximum absolute atomic E-state index is 13.6. The Hall–Kier alpha value is -2.61. The van der Waals surface area contributed by atoms with Crippen molar-refractivity contribution in [2.75, 3.05) is 11.1 Å². The van der Waals surface area contributed by atoms with E-state index in [-0.39, 0.29) is 11.4 Å². The molecular formula is C13H9F2N3. The van der Waals surface area contributed by atoms with Crippen LogP contribution >= 0.6 is 0 Å². The normalized spacial score (nSPS) is 9.83. The molecule has 18 heavy (non-hydrogen) atoms. The number of nitrogens with two attached hydrogens (primary N) is 1. The predicted octanol–water partition coefficient (Wildman–Crippen LogP) is 3.16. The molecule has 0 heterocycles. The van der Waals surface area contributed by atoms with Crippen molar-refractivity contribution in [1.82, 2.24) is 0 Å². The molecule has 3 N–H and O–H groups in total. The fourth-order valence-electron chi connectivity index (χ4n) is 1.54. The average molecular weight is 245 g/mol. The van der Waals surface area contributed by atoms with Crippen molar-refractivity contribution in [3.63, 3.8) is 0 Å². The maximum Gasteiger partial charge on any atom is 0.151 e. The zero-order valence-corrected chi connectivity index (χ0v) is 9.24. The van der Waals surface area contributed by atoms with Gasteiger partial charge in [0.25, 0.3) is 0 Å². The number of rotatable bonds is 2. The van der Waals surface area contributed by atoms with Gasteiger partial charge in [0.2, 0.25) is 0 Å². The third-order valence-corrected chi connectivity index (χ3v) is 2.37. The molecule has 0 aliphatic carbocycles. The van der Waals surface area contributed by atoms with E-state index in [1.165, 1.54) is 0 Å². The van der Waals surface area contributed by atoms with Crippen LogP contribution in [-0.4, -0.2) is 0 Å². The van der Waals surface area contributed by atoms with Gasteiger partial charge >= 0.3 is 0 Å². The summed E-state index contributed by atoms with van der Waals surface area (Å²) in [4.78, 5) is 0. The highest BCUT2D eigenvalue weighted by molar-refractivity contribution is 5.68. The molecule has 0 saturated carbocycles. The van der Waals surface area contributed by atoms with Crippen molar-refractivity contribution >= 4 is 17.1 Å². The highest BCUT2D eigenvalue weighted by Crippen LogP contribution is 2.27. The topological polar surface area (TPSA) is 61.8 Å². The second kappa shape index (κ2) is 4.72. The van der Waals surface area contributed by atoms with Gasteiger partial charge in [0.1, 0.15) is 11.8 Å². The predicted molar refractivity (Wildman–Crippen MR) is 65.2 cm³/mol. The number of nitrogens with one attached hydrogen (secondary N) is 1. The summed E-state index contributed by atoms with van der Waals surface area (Å²) >= 11 is 0. The molecule has 0 spiro atoms. The maximum atomic E-state index is 13.6. The molecule has 0 bridgehead atoms. The van der Waals surface area contributed by atoms with Gasteiger partial charge in [-0.15, -0.1) is 0 Å². The second-order valence-corrected chi connectivity index (χ2v) is 3.64. The number of hydrogen-bond donors (Lipinski definition) is 2. The number of para-hydroxylation sites is 1. The van der Waals surface area contributed by atoms with E-state index in [1.54, 1.807) is 24.3 Å². The zero-order chi connectivity index (χ0) is 13.1. The molecular weight excluding hydrogens is 236 g/mol. The van der Waals surface area contributed by atoms with Gasteiger partial charge in [-0.05, 0) is 24.3 Å². The first-order chi connectivity index (χ1) is 8.61. The number of nitriles is 1. The molecule has 0 fully saturated rings. The van der Waals surface area contributed by atoms with Crippen molar-refractivity contribution < 1.29 is 8.78 Å². The van der Waals surface area contributed by atoms with E-state index >= 15 is 0 Å². The summed E-state index contributed by atoms with van der Waals surface area (Å²) in [5.41, 5.74) is 5.63. The van der Waals surface area contributed by atoms with Gasteiger partial charge in [0.15, 0.2) is 11.6 Å². The Bertz CT molecular complexity index is 609. The van der Waals surface area contributed by atoms with Gasteiger partial charge in [0, 0.05) is 5.69 Å². The molecule has 2 aromatic carbocycles. The Balaban J connectivity index is 2.44. The fourth-order valence-corrected chi connectivity index (χ4v) is 1.54. The van der Waals surface area contributed by atoms with E-state index in [1.807, 2.05) is 6.07 Å². The number of halogens is 2. The number of nitrogen functional groups attached to an aromatic ring is 1. The summed E-state index contributed by atoms with van der Waals surface area (Å²) in [5, 5.41) is 11.4. The molecule has 5 heteroatoms. The summed E-state index contributed by atoms with van der Waals surface area (Å²) < 4.78 is 27.1. The molecule has 3 nitrogen and oxygen atoms in total. The molecule has 0 atom stereocenters. The van der Waals surface area contributed by atoms with Crippen LogP contribution in [0.3, 0.4) is 0 Å². The zero-order valence-electron chi connectivity index (χ0n) is 9.24. The van der Waals surface area contributed by atoms with E-state index in [0.29, 0.717) is 11.3 Å². The van der Waals surface area contributed by atoms with Gasteiger partial charge in [-0.2, -0.15) is 5.26 Å². The van der Waals surface area contributed by atoms with Crippen LogP contribution in [0.4, 0.5) is 25.8 Å². The Morgan fingerprint density at radius 3 is 2.33 bits per heavy atom. The first-order valence-corrected chi connectivity index (χ1v) is 5.12. The van der Waals surface area contributed by atoms with E-state index in [0.717, 1.165) is 12.1 Å². The molecule has 0 aliphatic heterocycles. The fraction of sp³-hybridized carbons (Fsp3) is 0. The molecule has 2 aromatic rings. The van der Waals surface area contributed by atoms with Gasteiger partial charge in [-0.3, -0.25) is 0 Å². The molecule has 0 radical (unpaired) electrons. The van der Waals surface area contributed by atoms with Crippen LogP contribution in [0.5, 0.6) is 0 Å². The molecule has 0 saturated heterocycles.